The summed E-state index contributed by atoms with van der Waals surface area (Å²) >= 11 is 0. The molecular formula is C19H22N2O2. The van der Waals surface area contributed by atoms with E-state index in [-0.39, 0.29) is 24.4 Å². The van der Waals surface area contributed by atoms with Crippen LogP contribution in [0.2, 0.25) is 0 Å². The average Bonchev–Trinajstić information content (AvgIpc) is 2.54. The second kappa shape index (κ2) is 7.58. The van der Waals surface area contributed by atoms with Crippen molar-refractivity contribution in [3.63, 3.8) is 0 Å². The van der Waals surface area contributed by atoms with Gasteiger partial charge in [0.05, 0.1) is 6.54 Å². The van der Waals surface area contributed by atoms with Gasteiger partial charge >= 0.3 is 0 Å². The van der Waals surface area contributed by atoms with Gasteiger partial charge in [-0.05, 0) is 37.1 Å². The topological polar surface area (TPSA) is 49.4 Å². The molecule has 0 aliphatic rings. The predicted octanol–water partition coefficient (Wildman–Crippen LogP) is 2.95. The Balaban J connectivity index is 2.04. The zero-order valence-electron chi connectivity index (χ0n) is 13.7. The molecule has 2 rings (SSSR count). The van der Waals surface area contributed by atoms with Crippen LogP contribution in [0.1, 0.15) is 24.2 Å². The van der Waals surface area contributed by atoms with E-state index in [1.165, 1.54) is 4.90 Å². The summed E-state index contributed by atoms with van der Waals surface area (Å²) in [6, 6.07) is 17.5. The zero-order valence-corrected chi connectivity index (χ0v) is 13.7. The lowest BCUT2D eigenvalue weighted by Crippen LogP contribution is -2.40. The number of hydrogen-bond acceptors (Lipinski definition) is 2. The Bertz CT molecular complexity index is 664. The Kier molecular flexibility index (Phi) is 5.52. The molecule has 2 aromatic carbocycles. The van der Waals surface area contributed by atoms with E-state index in [1.54, 1.807) is 19.2 Å². The molecule has 0 aromatic heterocycles. The minimum Gasteiger partial charge on any atom is -0.352 e. The molecule has 0 saturated heterocycles. The molecule has 2 aromatic rings. The lowest BCUT2D eigenvalue weighted by Gasteiger charge is -2.18. The number of carbonyl (C=O) groups is 2. The third kappa shape index (κ3) is 4.68. The second-order valence-electron chi connectivity index (χ2n) is 5.83. The van der Waals surface area contributed by atoms with Gasteiger partial charge in [0.2, 0.25) is 5.91 Å². The van der Waals surface area contributed by atoms with Gasteiger partial charge in [-0.25, -0.2) is 0 Å². The van der Waals surface area contributed by atoms with Crippen molar-refractivity contribution in [1.82, 2.24) is 10.2 Å². The van der Waals surface area contributed by atoms with Crippen molar-refractivity contribution < 1.29 is 9.59 Å². The van der Waals surface area contributed by atoms with Gasteiger partial charge in [-0.3, -0.25) is 9.59 Å². The number of rotatable bonds is 5. The van der Waals surface area contributed by atoms with Crippen LogP contribution in [-0.4, -0.2) is 36.3 Å². The highest BCUT2D eigenvalue weighted by Gasteiger charge is 2.15. The van der Waals surface area contributed by atoms with Gasteiger partial charge in [0.25, 0.3) is 5.91 Å². The second-order valence-corrected chi connectivity index (χ2v) is 5.83. The molecule has 0 unspecified atom stereocenters. The van der Waals surface area contributed by atoms with E-state index in [0.29, 0.717) is 5.56 Å². The first-order valence-corrected chi connectivity index (χ1v) is 7.67. The van der Waals surface area contributed by atoms with Crippen LogP contribution in [0.15, 0.2) is 54.6 Å². The van der Waals surface area contributed by atoms with Crippen molar-refractivity contribution in [3.8, 4) is 11.1 Å². The summed E-state index contributed by atoms with van der Waals surface area (Å²) in [7, 11) is 1.63. The summed E-state index contributed by atoms with van der Waals surface area (Å²) in [5.74, 6) is -0.319. The number of likely N-dealkylation sites (N-methyl/N-ethyl adjacent to an activating group) is 1. The largest absolute Gasteiger partial charge is 0.352 e. The smallest absolute Gasteiger partial charge is 0.254 e. The van der Waals surface area contributed by atoms with E-state index >= 15 is 0 Å². The highest BCUT2D eigenvalue weighted by molar-refractivity contribution is 5.96. The van der Waals surface area contributed by atoms with Crippen LogP contribution < -0.4 is 5.32 Å². The van der Waals surface area contributed by atoms with Crippen LogP contribution in [0.3, 0.4) is 0 Å². The maximum absolute atomic E-state index is 12.4. The first kappa shape index (κ1) is 16.7. The summed E-state index contributed by atoms with van der Waals surface area (Å²) < 4.78 is 0. The van der Waals surface area contributed by atoms with Gasteiger partial charge in [-0.2, -0.15) is 0 Å². The predicted molar refractivity (Wildman–Crippen MR) is 92.1 cm³/mol. The summed E-state index contributed by atoms with van der Waals surface area (Å²) in [6.07, 6.45) is 0. The lowest BCUT2D eigenvalue weighted by atomic mass is 10.0. The van der Waals surface area contributed by atoms with Crippen LogP contribution in [-0.2, 0) is 4.79 Å². The van der Waals surface area contributed by atoms with Crippen molar-refractivity contribution in [2.45, 2.75) is 19.9 Å². The third-order valence-corrected chi connectivity index (χ3v) is 3.42. The number of carbonyl (C=O) groups excluding carboxylic acids is 2. The highest BCUT2D eigenvalue weighted by atomic mass is 16.2. The summed E-state index contributed by atoms with van der Waals surface area (Å²) in [5, 5.41) is 2.78. The Morgan fingerprint density at radius 3 is 2.09 bits per heavy atom. The first-order valence-electron chi connectivity index (χ1n) is 7.67. The Morgan fingerprint density at radius 1 is 0.957 bits per heavy atom. The normalized spacial score (nSPS) is 10.4. The van der Waals surface area contributed by atoms with Crippen LogP contribution in [0, 0.1) is 0 Å². The van der Waals surface area contributed by atoms with Crippen LogP contribution in [0.4, 0.5) is 0 Å². The molecular weight excluding hydrogens is 288 g/mol. The fourth-order valence-corrected chi connectivity index (χ4v) is 2.31. The number of amides is 2. The van der Waals surface area contributed by atoms with Gasteiger partial charge in [0.1, 0.15) is 0 Å². The maximum atomic E-state index is 12.4. The van der Waals surface area contributed by atoms with Crippen molar-refractivity contribution in [1.29, 1.82) is 0 Å². The summed E-state index contributed by atoms with van der Waals surface area (Å²) in [5.41, 5.74) is 2.74. The molecule has 0 aliphatic carbocycles. The molecule has 23 heavy (non-hydrogen) atoms. The van der Waals surface area contributed by atoms with Crippen molar-refractivity contribution in [3.05, 3.63) is 60.2 Å². The molecule has 4 heteroatoms. The lowest BCUT2D eigenvalue weighted by molar-refractivity contribution is -0.122. The molecule has 120 valence electrons. The van der Waals surface area contributed by atoms with Gasteiger partial charge < -0.3 is 10.2 Å². The molecule has 0 bridgehead atoms. The average molecular weight is 310 g/mol. The van der Waals surface area contributed by atoms with Gasteiger partial charge in [0, 0.05) is 18.7 Å². The Labute approximate surface area is 137 Å². The molecule has 4 nitrogen and oxygen atoms in total. The van der Waals surface area contributed by atoms with Gasteiger partial charge in [-0.15, -0.1) is 0 Å². The SMILES string of the molecule is CC(C)NC(=O)CN(C)C(=O)c1ccc(-c2ccccc2)cc1. The van der Waals surface area contributed by atoms with E-state index in [9.17, 15) is 9.59 Å². The molecule has 2 amide bonds. The Morgan fingerprint density at radius 2 is 1.52 bits per heavy atom. The molecule has 1 N–H and O–H groups in total. The fourth-order valence-electron chi connectivity index (χ4n) is 2.31. The minimum atomic E-state index is -0.163. The van der Waals surface area contributed by atoms with Crippen molar-refractivity contribution in [2.75, 3.05) is 13.6 Å². The molecule has 0 radical (unpaired) electrons. The summed E-state index contributed by atoms with van der Waals surface area (Å²) in [6.45, 7) is 3.83. The van der Waals surface area contributed by atoms with Crippen LogP contribution in [0.25, 0.3) is 11.1 Å². The summed E-state index contributed by atoms with van der Waals surface area (Å²) in [4.78, 5) is 25.5. The number of hydrogen-bond donors (Lipinski definition) is 1. The maximum Gasteiger partial charge on any atom is 0.254 e. The van der Waals surface area contributed by atoms with Gasteiger partial charge in [-0.1, -0.05) is 42.5 Å². The minimum absolute atomic E-state index is 0.0530. The standard InChI is InChI=1S/C19H22N2O2/c1-14(2)20-18(22)13-21(3)19(23)17-11-9-16(10-12-17)15-7-5-4-6-8-15/h4-12,14H,13H2,1-3H3,(H,20,22). The fraction of sp³-hybridized carbons (Fsp3) is 0.263. The van der Waals surface area contributed by atoms with E-state index in [4.69, 9.17) is 0 Å². The third-order valence-electron chi connectivity index (χ3n) is 3.42. The van der Waals surface area contributed by atoms with E-state index < -0.39 is 0 Å². The van der Waals surface area contributed by atoms with Gasteiger partial charge in [0.15, 0.2) is 0 Å². The number of benzene rings is 2. The monoisotopic (exact) mass is 310 g/mol. The number of nitrogens with one attached hydrogen (secondary N) is 1. The van der Waals surface area contributed by atoms with Crippen LogP contribution in [0.5, 0.6) is 0 Å². The Hall–Kier alpha value is -2.62. The van der Waals surface area contributed by atoms with E-state index in [1.807, 2.05) is 56.3 Å². The molecule has 0 atom stereocenters. The quantitative estimate of drug-likeness (QED) is 0.923. The van der Waals surface area contributed by atoms with Crippen molar-refractivity contribution in [2.24, 2.45) is 0 Å². The molecule has 0 heterocycles. The van der Waals surface area contributed by atoms with Crippen molar-refractivity contribution >= 4 is 11.8 Å². The van der Waals surface area contributed by atoms with E-state index in [0.717, 1.165) is 11.1 Å². The number of nitrogens with zero attached hydrogens (tertiary/aromatic N) is 1. The molecule has 0 fully saturated rings. The zero-order chi connectivity index (χ0) is 16.8. The molecule has 0 saturated carbocycles. The van der Waals surface area contributed by atoms with E-state index in [2.05, 4.69) is 5.32 Å². The van der Waals surface area contributed by atoms with Crippen LogP contribution >= 0.6 is 0 Å². The highest BCUT2D eigenvalue weighted by Crippen LogP contribution is 2.19. The first-order chi connectivity index (χ1) is 11.0. The molecule has 0 aliphatic heterocycles. The molecule has 0 spiro atoms.